The van der Waals surface area contributed by atoms with Gasteiger partial charge in [0.15, 0.2) is 5.82 Å². The van der Waals surface area contributed by atoms with E-state index >= 15 is 0 Å². The molecule has 0 aliphatic carbocycles. The zero-order valence-electron chi connectivity index (χ0n) is 11.1. The number of esters is 1. The Morgan fingerprint density at radius 3 is 3.20 bits per heavy atom. The first-order valence-electron chi connectivity index (χ1n) is 6.38. The topological polar surface area (TPSA) is 86.3 Å². The molecule has 8 heteroatoms. The second kappa shape index (κ2) is 5.12. The maximum atomic E-state index is 12.0. The molecule has 3 rings (SSSR count). The van der Waals surface area contributed by atoms with Crippen molar-refractivity contribution in [3.8, 4) is 0 Å². The molecule has 0 fully saturated rings. The average Bonchev–Trinajstić information content (AvgIpc) is 3.04. The number of imidazole rings is 1. The van der Waals surface area contributed by atoms with E-state index in [1.807, 2.05) is 6.20 Å². The molecule has 1 aliphatic rings. The Hall–Kier alpha value is -2.09. The minimum Gasteiger partial charge on any atom is -0.462 e. The van der Waals surface area contributed by atoms with Gasteiger partial charge < -0.3 is 19.9 Å². The van der Waals surface area contributed by atoms with Crippen molar-refractivity contribution in [3.05, 3.63) is 23.8 Å². The minimum absolute atomic E-state index is 0.234. The highest BCUT2D eigenvalue weighted by atomic mass is 32.1. The van der Waals surface area contributed by atoms with Gasteiger partial charge >= 0.3 is 5.97 Å². The Morgan fingerprint density at radius 1 is 1.55 bits per heavy atom. The fourth-order valence-corrected chi connectivity index (χ4v) is 3.08. The van der Waals surface area contributed by atoms with Crippen molar-refractivity contribution in [1.82, 2.24) is 13.9 Å². The molecule has 106 valence electrons. The first-order valence-corrected chi connectivity index (χ1v) is 7.15. The number of nitrogen functional groups attached to an aromatic ring is 1. The molecule has 0 amide bonds. The van der Waals surface area contributed by atoms with Crippen LogP contribution in [0.15, 0.2) is 12.4 Å². The maximum Gasteiger partial charge on any atom is 0.345 e. The van der Waals surface area contributed by atoms with E-state index in [-0.39, 0.29) is 5.82 Å². The zero-order valence-corrected chi connectivity index (χ0v) is 11.9. The largest absolute Gasteiger partial charge is 0.462 e. The summed E-state index contributed by atoms with van der Waals surface area (Å²) in [6.45, 7) is 4.34. The highest BCUT2D eigenvalue weighted by Crippen LogP contribution is 2.33. The van der Waals surface area contributed by atoms with Crippen LogP contribution in [0.25, 0.3) is 0 Å². The number of fused-ring (bicyclic) bond motifs is 1. The molecule has 2 aromatic heterocycles. The van der Waals surface area contributed by atoms with E-state index < -0.39 is 5.97 Å². The van der Waals surface area contributed by atoms with E-state index in [0.717, 1.165) is 23.9 Å². The van der Waals surface area contributed by atoms with Crippen LogP contribution in [0.1, 0.15) is 23.1 Å². The van der Waals surface area contributed by atoms with Gasteiger partial charge in [0, 0.05) is 25.5 Å². The number of nitrogens with zero attached hydrogens (tertiary/aromatic N) is 4. The number of anilines is 2. The molecule has 0 saturated heterocycles. The van der Waals surface area contributed by atoms with Gasteiger partial charge in [-0.1, -0.05) is 0 Å². The lowest BCUT2D eigenvalue weighted by Gasteiger charge is -2.28. The summed E-state index contributed by atoms with van der Waals surface area (Å²) in [5.41, 5.74) is 6.18. The molecule has 0 bridgehead atoms. The summed E-state index contributed by atoms with van der Waals surface area (Å²) >= 11 is 1.23. The Kier molecular flexibility index (Phi) is 3.31. The number of nitrogens with two attached hydrogens (primary N) is 1. The van der Waals surface area contributed by atoms with E-state index in [0.29, 0.717) is 18.7 Å². The predicted molar refractivity (Wildman–Crippen MR) is 75.8 cm³/mol. The quantitative estimate of drug-likeness (QED) is 0.853. The van der Waals surface area contributed by atoms with Gasteiger partial charge in [-0.25, -0.2) is 9.78 Å². The van der Waals surface area contributed by atoms with Crippen LogP contribution in [0.5, 0.6) is 0 Å². The summed E-state index contributed by atoms with van der Waals surface area (Å²) in [6, 6.07) is 0. The first kappa shape index (κ1) is 12.9. The lowest BCUT2D eigenvalue weighted by Crippen LogP contribution is -2.34. The predicted octanol–water partition coefficient (Wildman–Crippen LogP) is 1.12. The number of hydrogen-bond donors (Lipinski definition) is 1. The van der Waals surface area contributed by atoms with Crippen molar-refractivity contribution in [2.24, 2.45) is 0 Å². The number of hydrogen-bond acceptors (Lipinski definition) is 7. The Morgan fingerprint density at radius 2 is 2.40 bits per heavy atom. The van der Waals surface area contributed by atoms with Crippen molar-refractivity contribution in [1.29, 1.82) is 0 Å². The highest BCUT2D eigenvalue weighted by molar-refractivity contribution is 7.11. The van der Waals surface area contributed by atoms with Crippen LogP contribution in [-0.4, -0.2) is 33.0 Å². The normalized spacial score (nSPS) is 14.2. The highest BCUT2D eigenvalue weighted by Gasteiger charge is 2.27. The Labute approximate surface area is 120 Å². The average molecular weight is 293 g/mol. The smallest absolute Gasteiger partial charge is 0.345 e. The van der Waals surface area contributed by atoms with Crippen molar-refractivity contribution in [2.75, 3.05) is 23.8 Å². The van der Waals surface area contributed by atoms with Crippen molar-refractivity contribution in [3.63, 3.8) is 0 Å². The monoisotopic (exact) mass is 293 g/mol. The third-order valence-corrected chi connectivity index (χ3v) is 4.14. The van der Waals surface area contributed by atoms with Crippen molar-refractivity contribution >= 4 is 28.3 Å². The maximum absolute atomic E-state index is 12.0. The van der Waals surface area contributed by atoms with Gasteiger partial charge in [-0.3, -0.25) is 0 Å². The van der Waals surface area contributed by atoms with Crippen molar-refractivity contribution in [2.45, 2.75) is 20.0 Å². The summed E-state index contributed by atoms with van der Waals surface area (Å²) in [6.07, 6.45) is 3.74. The minimum atomic E-state index is -0.414. The van der Waals surface area contributed by atoms with Crippen LogP contribution in [0.3, 0.4) is 0 Å². The van der Waals surface area contributed by atoms with Gasteiger partial charge in [-0.15, -0.1) is 0 Å². The summed E-state index contributed by atoms with van der Waals surface area (Å²) in [7, 11) is 0. The van der Waals surface area contributed by atoms with Gasteiger partial charge in [-0.05, 0) is 18.5 Å². The van der Waals surface area contributed by atoms with Gasteiger partial charge in [0.05, 0.1) is 13.2 Å². The summed E-state index contributed by atoms with van der Waals surface area (Å²) in [5.74, 6) is 0.790. The first-order chi connectivity index (χ1) is 9.70. The van der Waals surface area contributed by atoms with Gasteiger partial charge in [0.1, 0.15) is 16.4 Å². The van der Waals surface area contributed by atoms with E-state index in [9.17, 15) is 4.79 Å². The molecule has 0 aromatic carbocycles. The number of rotatable bonds is 3. The van der Waals surface area contributed by atoms with Crippen LogP contribution in [-0.2, 0) is 17.8 Å². The SMILES string of the molecule is CCOC(=O)c1c(N)nsc1N1CCn2ccnc2C1. The molecule has 20 heavy (non-hydrogen) atoms. The van der Waals surface area contributed by atoms with Crippen LogP contribution < -0.4 is 10.6 Å². The second-order valence-corrected chi connectivity index (χ2v) is 5.18. The molecule has 1 aliphatic heterocycles. The number of aromatic nitrogens is 3. The molecule has 3 heterocycles. The molecule has 0 atom stereocenters. The number of carbonyl (C=O) groups is 1. The molecular formula is C12H15N5O2S. The fourth-order valence-electron chi connectivity index (χ4n) is 2.25. The molecule has 0 radical (unpaired) electrons. The van der Waals surface area contributed by atoms with Crippen LogP contribution in [0.2, 0.25) is 0 Å². The third-order valence-electron chi connectivity index (χ3n) is 3.21. The molecular weight excluding hydrogens is 278 g/mol. The second-order valence-electron chi connectivity index (χ2n) is 4.43. The Balaban J connectivity index is 1.90. The lowest BCUT2D eigenvalue weighted by atomic mass is 10.2. The van der Waals surface area contributed by atoms with Crippen LogP contribution in [0.4, 0.5) is 10.8 Å². The Bertz CT molecular complexity index is 636. The standard InChI is InChI=1S/C12H15N5O2S/c1-2-19-12(18)9-10(13)15-20-11(9)17-6-5-16-4-3-14-8(16)7-17/h3-4H,2,5-7H2,1H3,(H2,13,15). The molecule has 0 spiro atoms. The lowest BCUT2D eigenvalue weighted by molar-refractivity contribution is 0.0528. The third kappa shape index (κ3) is 2.11. The van der Waals surface area contributed by atoms with Crippen LogP contribution in [0, 0.1) is 0 Å². The van der Waals surface area contributed by atoms with Gasteiger partial charge in [0.25, 0.3) is 0 Å². The zero-order chi connectivity index (χ0) is 14.1. The summed E-state index contributed by atoms with van der Waals surface area (Å²) < 4.78 is 11.2. The molecule has 2 N–H and O–H groups in total. The summed E-state index contributed by atoms with van der Waals surface area (Å²) in [5, 5.41) is 0.759. The molecule has 0 unspecified atom stereocenters. The van der Waals surface area contributed by atoms with Gasteiger partial charge in [-0.2, -0.15) is 4.37 Å². The van der Waals surface area contributed by atoms with Crippen LogP contribution >= 0.6 is 11.5 Å². The van der Waals surface area contributed by atoms with E-state index in [1.165, 1.54) is 11.5 Å². The number of ether oxygens (including phenoxy) is 1. The fraction of sp³-hybridized carbons (Fsp3) is 0.417. The molecule has 0 saturated carbocycles. The van der Waals surface area contributed by atoms with E-state index in [1.54, 1.807) is 13.1 Å². The molecule has 7 nitrogen and oxygen atoms in total. The van der Waals surface area contributed by atoms with Gasteiger partial charge in [0.2, 0.25) is 0 Å². The van der Waals surface area contributed by atoms with E-state index in [4.69, 9.17) is 10.5 Å². The van der Waals surface area contributed by atoms with Crippen molar-refractivity contribution < 1.29 is 9.53 Å². The van der Waals surface area contributed by atoms with E-state index in [2.05, 4.69) is 18.8 Å². The number of carbonyl (C=O) groups excluding carboxylic acids is 1. The molecule has 2 aromatic rings. The summed E-state index contributed by atoms with van der Waals surface area (Å²) in [4.78, 5) is 18.4.